The molecule has 1 rings (SSSR count). The highest BCUT2D eigenvalue weighted by atomic mass is 16.5. The lowest BCUT2D eigenvalue weighted by Crippen LogP contribution is -2.12. The molecule has 1 aromatic rings. The quantitative estimate of drug-likeness (QED) is 0.807. The van der Waals surface area contributed by atoms with Crippen LogP contribution in [-0.4, -0.2) is 18.3 Å². The Morgan fingerprint density at radius 3 is 2.69 bits per heavy atom. The van der Waals surface area contributed by atoms with E-state index in [9.17, 15) is 5.11 Å². The van der Waals surface area contributed by atoms with Gasteiger partial charge in [0.1, 0.15) is 11.5 Å². The van der Waals surface area contributed by atoms with Crippen molar-refractivity contribution in [2.45, 2.75) is 39.4 Å². The molecule has 3 nitrogen and oxygen atoms in total. The largest absolute Gasteiger partial charge is 0.497 e. The summed E-state index contributed by atoms with van der Waals surface area (Å²) in [5.74, 6) is 1.46. The number of aliphatic hydroxyl groups is 1. The summed E-state index contributed by atoms with van der Waals surface area (Å²) in [7, 11) is 1.62. The van der Waals surface area contributed by atoms with Crippen molar-refractivity contribution in [1.82, 2.24) is 0 Å². The van der Waals surface area contributed by atoms with E-state index in [4.69, 9.17) is 9.47 Å². The summed E-state index contributed by atoms with van der Waals surface area (Å²) in [6.07, 6.45) is 2.24. The molecule has 0 aliphatic carbocycles. The van der Waals surface area contributed by atoms with Crippen LogP contribution >= 0.6 is 0 Å². The Kier molecular flexibility index (Phi) is 5.12. The van der Waals surface area contributed by atoms with Gasteiger partial charge < -0.3 is 14.6 Å². The van der Waals surface area contributed by atoms with E-state index in [-0.39, 0.29) is 12.7 Å². The van der Waals surface area contributed by atoms with E-state index < -0.39 is 0 Å². The maximum atomic E-state index is 9.20. The molecule has 1 atom stereocenters. The van der Waals surface area contributed by atoms with Gasteiger partial charge in [0.05, 0.1) is 19.8 Å². The zero-order valence-electron chi connectivity index (χ0n) is 10.2. The molecule has 1 aromatic carbocycles. The molecule has 1 N–H and O–H groups in total. The van der Waals surface area contributed by atoms with Crippen molar-refractivity contribution in [3.8, 4) is 11.5 Å². The molecule has 3 heteroatoms. The van der Waals surface area contributed by atoms with Gasteiger partial charge in [-0.3, -0.25) is 0 Å². The van der Waals surface area contributed by atoms with Crippen molar-refractivity contribution in [2.24, 2.45) is 0 Å². The summed E-state index contributed by atoms with van der Waals surface area (Å²) in [6.45, 7) is 4.14. The standard InChI is InChI=1S/C13H20O3/c1-4-5-10(2)16-13-8-12(15-3)7-6-11(13)9-14/h6-8,10,14H,4-5,9H2,1-3H3. The Hall–Kier alpha value is -1.22. The van der Waals surface area contributed by atoms with Gasteiger partial charge in [-0.25, -0.2) is 0 Å². The molecular weight excluding hydrogens is 204 g/mol. The van der Waals surface area contributed by atoms with E-state index in [0.717, 1.165) is 24.2 Å². The molecule has 0 amide bonds. The Morgan fingerprint density at radius 2 is 2.12 bits per heavy atom. The first-order valence-corrected chi connectivity index (χ1v) is 5.65. The van der Waals surface area contributed by atoms with Crippen LogP contribution in [0.4, 0.5) is 0 Å². The van der Waals surface area contributed by atoms with Crippen molar-refractivity contribution in [3.05, 3.63) is 23.8 Å². The van der Waals surface area contributed by atoms with Crippen LogP contribution in [0.15, 0.2) is 18.2 Å². The fourth-order valence-corrected chi connectivity index (χ4v) is 1.58. The van der Waals surface area contributed by atoms with Crippen LogP contribution in [-0.2, 0) is 6.61 Å². The monoisotopic (exact) mass is 224 g/mol. The second-order valence-electron chi connectivity index (χ2n) is 3.85. The van der Waals surface area contributed by atoms with Crippen LogP contribution < -0.4 is 9.47 Å². The molecule has 0 saturated heterocycles. The third kappa shape index (κ3) is 3.42. The second kappa shape index (κ2) is 6.38. The van der Waals surface area contributed by atoms with Crippen LogP contribution in [0.5, 0.6) is 11.5 Å². The second-order valence-corrected chi connectivity index (χ2v) is 3.85. The van der Waals surface area contributed by atoms with Crippen molar-refractivity contribution in [2.75, 3.05) is 7.11 Å². The Morgan fingerprint density at radius 1 is 1.38 bits per heavy atom. The third-order valence-electron chi connectivity index (χ3n) is 2.47. The van der Waals surface area contributed by atoms with E-state index in [0.29, 0.717) is 5.75 Å². The molecule has 1 unspecified atom stereocenters. The average molecular weight is 224 g/mol. The van der Waals surface area contributed by atoms with Crippen molar-refractivity contribution >= 4 is 0 Å². The fraction of sp³-hybridized carbons (Fsp3) is 0.538. The first-order chi connectivity index (χ1) is 7.71. The number of hydrogen-bond acceptors (Lipinski definition) is 3. The molecule has 0 fully saturated rings. The van der Waals surface area contributed by atoms with Gasteiger partial charge in [-0.05, 0) is 25.5 Å². The minimum atomic E-state index is -0.0157. The van der Waals surface area contributed by atoms with Crippen molar-refractivity contribution < 1.29 is 14.6 Å². The van der Waals surface area contributed by atoms with Gasteiger partial charge in [-0.2, -0.15) is 0 Å². The van der Waals surface area contributed by atoms with Crippen LogP contribution in [0.25, 0.3) is 0 Å². The lowest BCUT2D eigenvalue weighted by Gasteiger charge is -2.17. The van der Waals surface area contributed by atoms with Gasteiger partial charge in [0, 0.05) is 11.6 Å². The van der Waals surface area contributed by atoms with Gasteiger partial charge in [0.25, 0.3) is 0 Å². The molecule has 0 saturated carbocycles. The SMILES string of the molecule is CCCC(C)Oc1cc(OC)ccc1CO. The fourth-order valence-electron chi connectivity index (χ4n) is 1.58. The number of benzene rings is 1. The molecular formula is C13H20O3. The summed E-state index contributed by atoms with van der Waals surface area (Å²) in [5, 5.41) is 9.20. The minimum Gasteiger partial charge on any atom is -0.497 e. The van der Waals surface area contributed by atoms with Gasteiger partial charge in [0.2, 0.25) is 0 Å². The topological polar surface area (TPSA) is 38.7 Å². The van der Waals surface area contributed by atoms with E-state index in [2.05, 4.69) is 6.92 Å². The maximum Gasteiger partial charge on any atom is 0.128 e. The molecule has 0 radical (unpaired) electrons. The lowest BCUT2D eigenvalue weighted by atomic mass is 10.2. The van der Waals surface area contributed by atoms with Gasteiger partial charge in [-0.1, -0.05) is 13.3 Å². The first kappa shape index (κ1) is 12.8. The van der Waals surface area contributed by atoms with E-state index >= 15 is 0 Å². The number of methoxy groups -OCH3 is 1. The average Bonchev–Trinajstić information content (AvgIpc) is 2.29. The van der Waals surface area contributed by atoms with Gasteiger partial charge in [-0.15, -0.1) is 0 Å². The van der Waals surface area contributed by atoms with Crippen LogP contribution in [0, 0.1) is 0 Å². The third-order valence-corrected chi connectivity index (χ3v) is 2.47. The predicted octanol–water partition coefficient (Wildman–Crippen LogP) is 2.75. The van der Waals surface area contributed by atoms with Crippen LogP contribution in [0.3, 0.4) is 0 Å². The maximum absolute atomic E-state index is 9.20. The van der Waals surface area contributed by atoms with E-state index in [1.54, 1.807) is 7.11 Å². The van der Waals surface area contributed by atoms with E-state index in [1.165, 1.54) is 0 Å². The zero-order valence-corrected chi connectivity index (χ0v) is 10.2. The summed E-state index contributed by atoms with van der Waals surface area (Å²) in [6, 6.07) is 5.47. The normalized spacial score (nSPS) is 12.2. The highest BCUT2D eigenvalue weighted by Gasteiger charge is 2.08. The Balaban J connectivity index is 2.82. The number of aliphatic hydroxyl groups excluding tert-OH is 1. The van der Waals surface area contributed by atoms with Crippen molar-refractivity contribution in [3.63, 3.8) is 0 Å². The highest BCUT2D eigenvalue weighted by Crippen LogP contribution is 2.26. The Labute approximate surface area is 97.0 Å². The molecule has 0 aromatic heterocycles. The number of rotatable bonds is 6. The minimum absolute atomic E-state index is 0.0157. The Bertz CT molecular complexity index is 323. The van der Waals surface area contributed by atoms with Crippen LogP contribution in [0.2, 0.25) is 0 Å². The number of hydrogen-bond donors (Lipinski definition) is 1. The van der Waals surface area contributed by atoms with Crippen LogP contribution in [0.1, 0.15) is 32.3 Å². The molecule has 16 heavy (non-hydrogen) atoms. The number of ether oxygens (including phenoxy) is 2. The molecule has 0 bridgehead atoms. The molecule has 0 heterocycles. The molecule has 0 aliphatic rings. The summed E-state index contributed by atoms with van der Waals surface area (Å²) < 4.78 is 10.9. The highest BCUT2D eigenvalue weighted by molar-refractivity contribution is 5.40. The lowest BCUT2D eigenvalue weighted by molar-refractivity contribution is 0.199. The predicted molar refractivity (Wildman–Crippen MR) is 63.9 cm³/mol. The first-order valence-electron chi connectivity index (χ1n) is 5.65. The zero-order chi connectivity index (χ0) is 12.0. The van der Waals surface area contributed by atoms with E-state index in [1.807, 2.05) is 25.1 Å². The summed E-state index contributed by atoms with van der Waals surface area (Å²) in [5.41, 5.74) is 0.795. The molecule has 90 valence electrons. The summed E-state index contributed by atoms with van der Waals surface area (Å²) >= 11 is 0. The van der Waals surface area contributed by atoms with Gasteiger partial charge in [0.15, 0.2) is 0 Å². The summed E-state index contributed by atoms with van der Waals surface area (Å²) in [4.78, 5) is 0. The molecule has 0 aliphatic heterocycles. The smallest absolute Gasteiger partial charge is 0.128 e. The molecule has 0 spiro atoms. The van der Waals surface area contributed by atoms with Crippen molar-refractivity contribution in [1.29, 1.82) is 0 Å². The van der Waals surface area contributed by atoms with Gasteiger partial charge >= 0.3 is 0 Å².